The number of benzene rings is 1. The molecule has 0 fully saturated rings. The average molecular weight is 269 g/mol. The van der Waals surface area contributed by atoms with Crippen LogP contribution in [0.25, 0.3) is 10.9 Å². The first-order chi connectivity index (χ1) is 9.49. The molecule has 104 valence electrons. The summed E-state index contributed by atoms with van der Waals surface area (Å²) in [5.41, 5.74) is 1.57. The standard InChI is InChI=1S/C16H19N3O/c1-4-19(11-17)15(20)16(2,3)9-12-10-18-14-8-6-5-7-13(12)14/h5-8,10,18H,4,9H2,1-3H3. The number of nitrogens with one attached hydrogen (secondary N) is 1. The Hall–Kier alpha value is -2.28. The fourth-order valence-electron chi connectivity index (χ4n) is 2.45. The van der Waals surface area contributed by atoms with E-state index in [1.165, 1.54) is 4.90 Å². The molecule has 0 bridgehead atoms. The van der Waals surface area contributed by atoms with Crippen molar-refractivity contribution in [2.45, 2.75) is 27.2 Å². The fourth-order valence-corrected chi connectivity index (χ4v) is 2.45. The predicted octanol–water partition coefficient (Wildman–Crippen LogP) is 3.07. The summed E-state index contributed by atoms with van der Waals surface area (Å²) < 4.78 is 0. The molecule has 1 amide bonds. The third kappa shape index (κ3) is 2.53. The number of carbonyl (C=O) groups excluding carboxylic acids is 1. The van der Waals surface area contributed by atoms with Gasteiger partial charge < -0.3 is 4.98 Å². The van der Waals surface area contributed by atoms with E-state index in [-0.39, 0.29) is 5.91 Å². The highest BCUT2D eigenvalue weighted by Gasteiger charge is 2.32. The smallest absolute Gasteiger partial charge is 0.241 e. The van der Waals surface area contributed by atoms with E-state index in [9.17, 15) is 4.79 Å². The van der Waals surface area contributed by atoms with Gasteiger partial charge in [0.1, 0.15) is 0 Å². The second-order valence-electron chi connectivity index (χ2n) is 5.57. The van der Waals surface area contributed by atoms with E-state index in [4.69, 9.17) is 5.26 Å². The molecule has 0 aliphatic carbocycles. The number of fused-ring (bicyclic) bond motifs is 1. The summed E-state index contributed by atoms with van der Waals surface area (Å²) in [7, 11) is 0. The number of aromatic amines is 1. The topological polar surface area (TPSA) is 59.9 Å². The van der Waals surface area contributed by atoms with Gasteiger partial charge in [-0.25, -0.2) is 4.90 Å². The third-order valence-electron chi connectivity index (χ3n) is 3.57. The fraction of sp³-hybridized carbons (Fsp3) is 0.375. The van der Waals surface area contributed by atoms with E-state index in [1.54, 1.807) is 0 Å². The highest BCUT2D eigenvalue weighted by Crippen LogP contribution is 2.28. The van der Waals surface area contributed by atoms with Gasteiger partial charge >= 0.3 is 0 Å². The van der Waals surface area contributed by atoms with Crippen LogP contribution in [0, 0.1) is 16.9 Å². The molecule has 2 aromatic rings. The summed E-state index contributed by atoms with van der Waals surface area (Å²) >= 11 is 0. The van der Waals surface area contributed by atoms with Crippen molar-refractivity contribution in [3.63, 3.8) is 0 Å². The number of rotatable bonds is 4. The molecule has 0 radical (unpaired) electrons. The van der Waals surface area contributed by atoms with Crippen LogP contribution in [-0.4, -0.2) is 22.3 Å². The Balaban J connectivity index is 2.28. The SMILES string of the molecule is CCN(C#N)C(=O)C(C)(C)Cc1c[nH]c2ccccc12. The molecule has 2 rings (SSSR count). The van der Waals surface area contributed by atoms with Gasteiger partial charge in [-0.15, -0.1) is 0 Å². The Morgan fingerprint density at radius 1 is 1.40 bits per heavy atom. The number of hydrogen-bond donors (Lipinski definition) is 1. The largest absolute Gasteiger partial charge is 0.361 e. The minimum Gasteiger partial charge on any atom is -0.361 e. The molecule has 0 atom stereocenters. The van der Waals surface area contributed by atoms with Gasteiger partial charge in [-0.1, -0.05) is 32.0 Å². The van der Waals surface area contributed by atoms with Crippen molar-refractivity contribution in [3.05, 3.63) is 36.0 Å². The Labute approximate surface area is 119 Å². The van der Waals surface area contributed by atoms with Crippen LogP contribution in [0.1, 0.15) is 26.3 Å². The van der Waals surface area contributed by atoms with Gasteiger partial charge in [0.05, 0.1) is 0 Å². The molecule has 1 heterocycles. The number of H-pyrrole nitrogens is 1. The molecule has 1 aromatic carbocycles. The molecule has 0 unspecified atom stereocenters. The lowest BCUT2D eigenvalue weighted by Gasteiger charge is -2.26. The molecule has 1 aromatic heterocycles. The highest BCUT2D eigenvalue weighted by molar-refractivity contribution is 5.86. The molecule has 20 heavy (non-hydrogen) atoms. The van der Waals surface area contributed by atoms with Crippen molar-refractivity contribution >= 4 is 16.8 Å². The van der Waals surface area contributed by atoms with Crippen molar-refractivity contribution < 1.29 is 4.79 Å². The van der Waals surface area contributed by atoms with Crippen LogP contribution in [-0.2, 0) is 11.2 Å². The first-order valence-electron chi connectivity index (χ1n) is 6.76. The van der Waals surface area contributed by atoms with Gasteiger partial charge in [0.25, 0.3) is 0 Å². The summed E-state index contributed by atoms with van der Waals surface area (Å²) in [6.45, 7) is 5.99. The normalized spacial score (nSPS) is 11.3. The minimum atomic E-state index is -0.600. The molecule has 1 N–H and O–H groups in total. The van der Waals surface area contributed by atoms with E-state index in [0.29, 0.717) is 13.0 Å². The predicted molar refractivity (Wildman–Crippen MR) is 78.8 cm³/mol. The Bertz CT molecular complexity index is 664. The van der Waals surface area contributed by atoms with E-state index < -0.39 is 5.41 Å². The molecule has 0 saturated heterocycles. The molecule has 0 aliphatic heterocycles. The number of aromatic nitrogens is 1. The van der Waals surface area contributed by atoms with Crippen molar-refractivity contribution in [2.75, 3.05) is 6.54 Å². The molecule has 0 saturated carbocycles. The maximum absolute atomic E-state index is 12.4. The second-order valence-corrected chi connectivity index (χ2v) is 5.57. The van der Waals surface area contributed by atoms with E-state index in [2.05, 4.69) is 4.98 Å². The highest BCUT2D eigenvalue weighted by atomic mass is 16.2. The molecule has 4 heteroatoms. The number of amides is 1. The molecular weight excluding hydrogens is 250 g/mol. The number of para-hydroxylation sites is 1. The summed E-state index contributed by atoms with van der Waals surface area (Å²) in [5, 5.41) is 10.1. The lowest BCUT2D eigenvalue weighted by atomic mass is 9.84. The molecule has 0 spiro atoms. The zero-order chi connectivity index (χ0) is 14.8. The Morgan fingerprint density at radius 3 is 2.75 bits per heavy atom. The van der Waals surface area contributed by atoms with Gasteiger partial charge in [0.2, 0.25) is 5.91 Å². The van der Waals surface area contributed by atoms with Gasteiger partial charge in [0, 0.05) is 29.1 Å². The number of nitrogens with zero attached hydrogens (tertiary/aromatic N) is 2. The van der Waals surface area contributed by atoms with Gasteiger partial charge in [-0.2, -0.15) is 5.26 Å². The summed E-state index contributed by atoms with van der Waals surface area (Å²) in [6, 6.07) is 8.03. The number of nitriles is 1. The quantitative estimate of drug-likeness (QED) is 0.685. The maximum atomic E-state index is 12.4. The van der Waals surface area contributed by atoms with Crippen molar-refractivity contribution in [2.24, 2.45) is 5.41 Å². The maximum Gasteiger partial charge on any atom is 0.241 e. The Kier molecular flexibility index (Phi) is 3.80. The van der Waals surface area contributed by atoms with Crippen LogP contribution in [0.15, 0.2) is 30.5 Å². The van der Waals surface area contributed by atoms with Crippen LogP contribution in [0.4, 0.5) is 0 Å². The van der Waals surface area contributed by atoms with Crippen LogP contribution >= 0.6 is 0 Å². The lowest BCUT2D eigenvalue weighted by molar-refractivity contribution is -0.136. The summed E-state index contributed by atoms with van der Waals surface area (Å²) in [4.78, 5) is 16.8. The molecule has 0 aliphatic rings. The first kappa shape index (κ1) is 14.1. The zero-order valence-corrected chi connectivity index (χ0v) is 12.1. The second kappa shape index (κ2) is 5.38. The summed E-state index contributed by atoms with van der Waals surface area (Å²) in [6.07, 6.45) is 4.50. The van der Waals surface area contributed by atoms with Crippen LogP contribution < -0.4 is 0 Å². The average Bonchev–Trinajstić information content (AvgIpc) is 2.83. The molecule has 4 nitrogen and oxygen atoms in total. The van der Waals surface area contributed by atoms with E-state index in [1.807, 2.05) is 57.4 Å². The van der Waals surface area contributed by atoms with Gasteiger partial charge in [-0.05, 0) is 25.0 Å². The van der Waals surface area contributed by atoms with Crippen molar-refractivity contribution in [3.8, 4) is 6.19 Å². The Morgan fingerprint density at radius 2 is 2.10 bits per heavy atom. The minimum absolute atomic E-state index is 0.132. The van der Waals surface area contributed by atoms with Crippen molar-refractivity contribution in [1.29, 1.82) is 5.26 Å². The first-order valence-corrected chi connectivity index (χ1v) is 6.76. The van der Waals surface area contributed by atoms with Gasteiger partial charge in [0.15, 0.2) is 6.19 Å². The zero-order valence-electron chi connectivity index (χ0n) is 12.1. The van der Waals surface area contributed by atoms with E-state index >= 15 is 0 Å². The number of carbonyl (C=O) groups is 1. The molecular formula is C16H19N3O. The van der Waals surface area contributed by atoms with E-state index in [0.717, 1.165) is 16.5 Å². The van der Waals surface area contributed by atoms with Crippen LogP contribution in [0.5, 0.6) is 0 Å². The van der Waals surface area contributed by atoms with Crippen LogP contribution in [0.2, 0.25) is 0 Å². The lowest BCUT2D eigenvalue weighted by Crippen LogP contribution is -2.39. The summed E-state index contributed by atoms with van der Waals surface area (Å²) in [5.74, 6) is -0.132. The number of hydrogen-bond acceptors (Lipinski definition) is 2. The third-order valence-corrected chi connectivity index (χ3v) is 3.57. The van der Waals surface area contributed by atoms with Gasteiger partial charge in [-0.3, -0.25) is 4.79 Å². The van der Waals surface area contributed by atoms with Crippen LogP contribution in [0.3, 0.4) is 0 Å². The monoisotopic (exact) mass is 269 g/mol. The van der Waals surface area contributed by atoms with Crippen molar-refractivity contribution in [1.82, 2.24) is 9.88 Å².